The lowest BCUT2D eigenvalue weighted by Gasteiger charge is -2.30. The van der Waals surface area contributed by atoms with Gasteiger partial charge >= 0.3 is 0 Å². The number of nitrogens with zero attached hydrogens (tertiary/aromatic N) is 1. The third kappa shape index (κ3) is 4.42. The molecule has 4 rings (SSSR count). The van der Waals surface area contributed by atoms with Crippen LogP contribution in [0, 0.1) is 5.82 Å². The monoisotopic (exact) mass is 411 g/mol. The van der Waals surface area contributed by atoms with E-state index in [1.54, 1.807) is 0 Å². The van der Waals surface area contributed by atoms with Gasteiger partial charge in [0.15, 0.2) is 5.11 Å². The van der Waals surface area contributed by atoms with Crippen molar-refractivity contribution in [2.45, 2.75) is 43.9 Å². The van der Waals surface area contributed by atoms with Gasteiger partial charge in [-0.3, -0.25) is 4.79 Å². The van der Waals surface area contributed by atoms with Crippen LogP contribution >= 0.6 is 12.2 Å². The molecule has 0 bridgehead atoms. The van der Waals surface area contributed by atoms with E-state index in [9.17, 15) is 9.18 Å². The van der Waals surface area contributed by atoms with E-state index in [-0.39, 0.29) is 17.1 Å². The highest BCUT2D eigenvalue weighted by Gasteiger charge is 2.35. The van der Waals surface area contributed by atoms with E-state index < -0.39 is 0 Å². The van der Waals surface area contributed by atoms with E-state index in [1.165, 1.54) is 30.5 Å². The molecule has 2 aromatic carbocycles. The highest BCUT2D eigenvalue weighted by Crippen LogP contribution is 2.40. The third-order valence-electron chi connectivity index (χ3n) is 6.09. The minimum atomic E-state index is -0.205. The molecule has 1 saturated carbocycles. The van der Waals surface area contributed by atoms with E-state index in [0.29, 0.717) is 11.5 Å². The first-order chi connectivity index (χ1) is 14.1. The lowest BCUT2D eigenvalue weighted by molar-refractivity contribution is -0.117. The van der Waals surface area contributed by atoms with Gasteiger partial charge in [0.25, 0.3) is 0 Å². The number of halogens is 1. The lowest BCUT2D eigenvalue weighted by atomic mass is 9.79. The molecule has 1 aliphatic carbocycles. The molecular weight excluding hydrogens is 385 g/mol. The fraction of sp³-hybridized carbons (Fsp3) is 0.391. The van der Waals surface area contributed by atoms with Crippen molar-refractivity contribution in [3.05, 3.63) is 59.9 Å². The van der Waals surface area contributed by atoms with Crippen molar-refractivity contribution in [3.8, 4) is 0 Å². The number of hydrogen-bond acceptors (Lipinski definition) is 2. The molecule has 152 valence electrons. The lowest BCUT2D eigenvalue weighted by Crippen LogP contribution is -2.40. The third-order valence-corrected chi connectivity index (χ3v) is 6.34. The smallest absolute Gasteiger partial charge is 0.227 e. The molecule has 2 aliphatic rings. The second kappa shape index (κ2) is 8.49. The zero-order valence-electron chi connectivity index (χ0n) is 16.4. The predicted molar refractivity (Wildman–Crippen MR) is 119 cm³/mol. The number of amides is 1. The average molecular weight is 412 g/mol. The van der Waals surface area contributed by atoms with Gasteiger partial charge in [0.1, 0.15) is 5.82 Å². The van der Waals surface area contributed by atoms with Crippen molar-refractivity contribution in [1.29, 1.82) is 0 Å². The first-order valence-electron chi connectivity index (χ1n) is 10.3. The van der Waals surface area contributed by atoms with Gasteiger partial charge in [-0.15, -0.1) is 0 Å². The van der Waals surface area contributed by atoms with Gasteiger partial charge in [-0.2, -0.15) is 0 Å². The maximum atomic E-state index is 13.4. The molecule has 1 saturated heterocycles. The summed E-state index contributed by atoms with van der Waals surface area (Å²) in [5, 5.41) is 7.17. The Morgan fingerprint density at radius 1 is 1.10 bits per heavy atom. The van der Waals surface area contributed by atoms with Crippen LogP contribution in [0.1, 0.15) is 44.1 Å². The van der Waals surface area contributed by atoms with Gasteiger partial charge in [-0.25, -0.2) is 4.39 Å². The molecule has 29 heavy (non-hydrogen) atoms. The van der Waals surface area contributed by atoms with Crippen LogP contribution in [0.3, 0.4) is 0 Å². The molecule has 4 nitrogen and oxygen atoms in total. The number of anilines is 2. The highest BCUT2D eigenvalue weighted by molar-refractivity contribution is 7.80. The van der Waals surface area contributed by atoms with Crippen molar-refractivity contribution in [1.82, 2.24) is 5.32 Å². The molecule has 1 amide bonds. The van der Waals surface area contributed by atoms with Gasteiger partial charge in [0.05, 0.1) is 0 Å². The SMILES string of the molecule is O=C1CCCN1c1cccc(NC(=S)NCC2(c3ccc(F)cc3)CCCC2)c1. The van der Waals surface area contributed by atoms with Crippen molar-refractivity contribution in [2.75, 3.05) is 23.3 Å². The summed E-state index contributed by atoms with van der Waals surface area (Å²) in [4.78, 5) is 13.8. The number of nitrogens with one attached hydrogen (secondary N) is 2. The summed E-state index contributed by atoms with van der Waals surface area (Å²) < 4.78 is 13.4. The summed E-state index contributed by atoms with van der Waals surface area (Å²) in [7, 11) is 0. The number of hydrogen-bond donors (Lipinski definition) is 2. The largest absolute Gasteiger partial charge is 0.362 e. The Hall–Kier alpha value is -2.47. The molecule has 0 radical (unpaired) electrons. The quantitative estimate of drug-likeness (QED) is 0.697. The highest BCUT2D eigenvalue weighted by atomic mass is 32.1. The van der Waals surface area contributed by atoms with Gasteiger partial charge in [-0.05, 0) is 67.4 Å². The van der Waals surface area contributed by atoms with Crippen molar-refractivity contribution in [3.63, 3.8) is 0 Å². The van der Waals surface area contributed by atoms with Crippen LogP contribution in [0.15, 0.2) is 48.5 Å². The summed E-state index contributed by atoms with van der Waals surface area (Å²) in [6.45, 7) is 1.49. The number of carbonyl (C=O) groups excluding carboxylic acids is 1. The normalized spacial score (nSPS) is 18.1. The van der Waals surface area contributed by atoms with Crippen molar-refractivity contribution >= 4 is 34.6 Å². The van der Waals surface area contributed by atoms with Gasteiger partial charge in [0, 0.05) is 36.3 Å². The maximum absolute atomic E-state index is 13.4. The van der Waals surface area contributed by atoms with E-state index in [2.05, 4.69) is 10.6 Å². The molecule has 0 unspecified atom stereocenters. The van der Waals surface area contributed by atoms with E-state index in [1.807, 2.05) is 41.3 Å². The molecule has 2 N–H and O–H groups in total. The summed E-state index contributed by atoms with van der Waals surface area (Å²) in [5.41, 5.74) is 2.92. The second-order valence-corrected chi connectivity index (χ2v) is 8.41. The fourth-order valence-electron chi connectivity index (χ4n) is 4.52. The van der Waals surface area contributed by atoms with E-state index in [0.717, 1.165) is 43.7 Å². The fourth-order valence-corrected chi connectivity index (χ4v) is 4.71. The van der Waals surface area contributed by atoms with Crippen LogP contribution in [-0.4, -0.2) is 24.1 Å². The van der Waals surface area contributed by atoms with E-state index in [4.69, 9.17) is 12.2 Å². The number of benzene rings is 2. The zero-order valence-corrected chi connectivity index (χ0v) is 17.2. The minimum absolute atomic E-state index is 0.0107. The van der Waals surface area contributed by atoms with Crippen LogP contribution in [0.5, 0.6) is 0 Å². The van der Waals surface area contributed by atoms with E-state index >= 15 is 0 Å². The van der Waals surface area contributed by atoms with Crippen LogP contribution in [0.4, 0.5) is 15.8 Å². The molecule has 1 aliphatic heterocycles. The summed E-state index contributed by atoms with van der Waals surface area (Å²) in [5.74, 6) is -0.0336. The summed E-state index contributed by atoms with van der Waals surface area (Å²) in [6, 6.07) is 14.7. The van der Waals surface area contributed by atoms with Crippen LogP contribution in [0.25, 0.3) is 0 Å². The van der Waals surface area contributed by atoms with Crippen LogP contribution in [0.2, 0.25) is 0 Å². The molecule has 0 atom stereocenters. The molecule has 0 aromatic heterocycles. The standard InChI is InChI=1S/C23H26FN3OS/c24-18-10-8-17(9-11-18)23(12-1-2-13-23)16-25-22(29)26-19-5-3-6-20(15-19)27-14-4-7-21(27)28/h3,5-6,8-11,15H,1-2,4,7,12-14,16H2,(H2,25,26,29). The van der Waals surface area contributed by atoms with Crippen molar-refractivity contribution in [2.24, 2.45) is 0 Å². The Balaban J connectivity index is 1.40. The van der Waals surface area contributed by atoms with Crippen LogP contribution in [-0.2, 0) is 10.2 Å². The Kier molecular flexibility index (Phi) is 5.81. The predicted octanol–water partition coefficient (Wildman–Crippen LogP) is 4.75. The molecular formula is C23H26FN3OS. The Morgan fingerprint density at radius 3 is 2.55 bits per heavy atom. The molecule has 1 heterocycles. The number of rotatable bonds is 5. The van der Waals surface area contributed by atoms with Crippen LogP contribution < -0.4 is 15.5 Å². The molecule has 6 heteroatoms. The molecule has 2 aromatic rings. The Labute approximate surface area is 176 Å². The van der Waals surface area contributed by atoms with Gasteiger partial charge < -0.3 is 15.5 Å². The maximum Gasteiger partial charge on any atom is 0.227 e. The Bertz CT molecular complexity index is 893. The molecule has 2 fully saturated rings. The van der Waals surface area contributed by atoms with Gasteiger partial charge in [0.2, 0.25) is 5.91 Å². The minimum Gasteiger partial charge on any atom is -0.362 e. The zero-order chi connectivity index (χ0) is 20.3. The number of carbonyl (C=O) groups is 1. The molecule has 0 spiro atoms. The van der Waals surface area contributed by atoms with Crippen molar-refractivity contribution < 1.29 is 9.18 Å². The Morgan fingerprint density at radius 2 is 1.86 bits per heavy atom. The summed E-state index contributed by atoms with van der Waals surface area (Å²) >= 11 is 5.53. The van der Waals surface area contributed by atoms with Gasteiger partial charge in [-0.1, -0.05) is 31.0 Å². The summed E-state index contributed by atoms with van der Waals surface area (Å²) in [6.07, 6.45) is 6.00. The first-order valence-corrected chi connectivity index (χ1v) is 10.7. The topological polar surface area (TPSA) is 44.4 Å². The number of thiocarbonyl (C=S) groups is 1. The second-order valence-electron chi connectivity index (χ2n) is 8.00. The average Bonchev–Trinajstić information content (AvgIpc) is 3.37. The first kappa shape index (κ1) is 19.8.